The highest BCUT2D eigenvalue weighted by Gasteiger charge is 2.15. The third-order valence-electron chi connectivity index (χ3n) is 2.86. The Labute approximate surface area is 113 Å². The summed E-state index contributed by atoms with van der Waals surface area (Å²) in [4.78, 5) is 11.2. The van der Waals surface area contributed by atoms with E-state index in [2.05, 4.69) is 29.8 Å². The molecule has 1 aliphatic heterocycles. The number of carbonyl (C=O) groups excluding carboxylic acids is 1. The van der Waals surface area contributed by atoms with Crippen LogP contribution in [0.4, 0.5) is 5.69 Å². The fourth-order valence-corrected chi connectivity index (χ4v) is 1.92. The SMILES string of the molecule is CC(C)NCCNCc1ccc2c(c1)NC(=O)CO2. The summed E-state index contributed by atoms with van der Waals surface area (Å²) in [6.07, 6.45) is 0. The fraction of sp³-hybridized carbons (Fsp3) is 0.500. The lowest BCUT2D eigenvalue weighted by atomic mass is 10.1. The van der Waals surface area contributed by atoms with Gasteiger partial charge in [0.25, 0.3) is 5.91 Å². The van der Waals surface area contributed by atoms with Crippen LogP contribution in [0.25, 0.3) is 0 Å². The predicted molar refractivity (Wildman–Crippen MR) is 75.4 cm³/mol. The van der Waals surface area contributed by atoms with Crippen LogP contribution in [0.5, 0.6) is 5.75 Å². The lowest BCUT2D eigenvalue weighted by molar-refractivity contribution is -0.118. The van der Waals surface area contributed by atoms with E-state index in [4.69, 9.17) is 4.74 Å². The van der Waals surface area contributed by atoms with Gasteiger partial charge in [-0.1, -0.05) is 19.9 Å². The Bertz CT molecular complexity index is 446. The molecule has 5 heteroatoms. The van der Waals surface area contributed by atoms with E-state index in [-0.39, 0.29) is 12.5 Å². The van der Waals surface area contributed by atoms with Gasteiger partial charge in [0, 0.05) is 25.7 Å². The minimum absolute atomic E-state index is 0.0984. The first-order valence-corrected chi connectivity index (χ1v) is 6.65. The number of carbonyl (C=O) groups is 1. The van der Waals surface area contributed by atoms with Crippen molar-refractivity contribution in [3.8, 4) is 5.75 Å². The molecule has 1 amide bonds. The van der Waals surface area contributed by atoms with Gasteiger partial charge in [0.15, 0.2) is 6.61 Å². The molecule has 0 saturated heterocycles. The molecule has 1 aromatic carbocycles. The molecule has 1 aromatic rings. The summed E-state index contributed by atoms with van der Waals surface area (Å²) < 4.78 is 5.32. The first kappa shape index (κ1) is 13.8. The lowest BCUT2D eigenvalue weighted by Gasteiger charge is -2.18. The molecule has 3 N–H and O–H groups in total. The number of fused-ring (bicyclic) bond motifs is 1. The van der Waals surface area contributed by atoms with E-state index in [0.29, 0.717) is 6.04 Å². The minimum Gasteiger partial charge on any atom is -0.482 e. The molecule has 0 spiro atoms. The number of benzene rings is 1. The number of anilines is 1. The summed E-state index contributed by atoms with van der Waals surface area (Å²) in [6, 6.07) is 6.38. The smallest absolute Gasteiger partial charge is 0.262 e. The molecule has 0 saturated carbocycles. The average Bonchev–Trinajstić information content (AvgIpc) is 2.37. The van der Waals surface area contributed by atoms with Crippen molar-refractivity contribution in [2.45, 2.75) is 26.4 Å². The molecule has 0 aromatic heterocycles. The number of rotatable bonds is 6. The van der Waals surface area contributed by atoms with Crippen molar-refractivity contribution in [1.82, 2.24) is 10.6 Å². The number of amides is 1. The predicted octanol–water partition coefficient (Wildman–Crippen LogP) is 1.11. The maximum absolute atomic E-state index is 11.2. The minimum atomic E-state index is -0.0984. The first-order valence-electron chi connectivity index (χ1n) is 6.65. The molecule has 5 nitrogen and oxygen atoms in total. The van der Waals surface area contributed by atoms with Gasteiger partial charge in [-0.15, -0.1) is 0 Å². The summed E-state index contributed by atoms with van der Waals surface area (Å²) in [5.74, 6) is 0.642. The topological polar surface area (TPSA) is 62.4 Å². The molecule has 0 fully saturated rings. The lowest BCUT2D eigenvalue weighted by Crippen LogP contribution is -2.31. The zero-order valence-electron chi connectivity index (χ0n) is 11.5. The van der Waals surface area contributed by atoms with Crippen molar-refractivity contribution in [2.75, 3.05) is 25.0 Å². The van der Waals surface area contributed by atoms with E-state index >= 15 is 0 Å². The quantitative estimate of drug-likeness (QED) is 0.673. The Morgan fingerprint density at radius 1 is 1.37 bits per heavy atom. The standard InChI is InChI=1S/C14H21N3O2/c1-10(2)16-6-5-15-8-11-3-4-13-12(7-11)17-14(18)9-19-13/h3-4,7,10,15-16H,5-6,8-9H2,1-2H3,(H,17,18). The van der Waals surface area contributed by atoms with Gasteiger partial charge in [-0.05, 0) is 17.7 Å². The van der Waals surface area contributed by atoms with E-state index in [1.54, 1.807) is 0 Å². The van der Waals surface area contributed by atoms with Crippen LogP contribution in [0, 0.1) is 0 Å². The van der Waals surface area contributed by atoms with Crippen molar-refractivity contribution in [1.29, 1.82) is 0 Å². The summed E-state index contributed by atoms with van der Waals surface area (Å²) in [7, 11) is 0. The molecule has 0 bridgehead atoms. The molecule has 0 aliphatic carbocycles. The zero-order chi connectivity index (χ0) is 13.7. The summed E-state index contributed by atoms with van der Waals surface area (Å²) in [5.41, 5.74) is 1.89. The summed E-state index contributed by atoms with van der Waals surface area (Å²) in [5, 5.41) is 9.52. The van der Waals surface area contributed by atoms with Crippen LogP contribution in [-0.2, 0) is 11.3 Å². The Balaban J connectivity index is 1.81. The van der Waals surface area contributed by atoms with E-state index < -0.39 is 0 Å². The van der Waals surface area contributed by atoms with E-state index in [1.165, 1.54) is 0 Å². The van der Waals surface area contributed by atoms with Gasteiger partial charge >= 0.3 is 0 Å². The van der Waals surface area contributed by atoms with Gasteiger partial charge in [0.2, 0.25) is 0 Å². The van der Waals surface area contributed by atoms with Gasteiger partial charge in [0.1, 0.15) is 5.75 Å². The first-order chi connectivity index (χ1) is 9.15. The second-order valence-electron chi connectivity index (χ2n) is 4.95. The van der Waals surface area contributed by atoms with E-state index in [9.17, 15) is 4.79 Å². The monoisotopic (exact) mass is 263 g/mol. The van der Waals surface area contributed by atoms with Crippen LogP contribution in [0.2, 0.25) is 0 Å². The highest BCUT2D eigenvalue weighted by Crippen LogP contribution is 2.28. The van der Waals surface area contributed by atoms with Crippen LogP contribution in [0.15, 0.2) is 18.2 Å². The largest absolute Gasteiger partial charge is 0.482 e. The second kappa shape index (κ2) is 6.54. The second-order valence-corrected chi connectivity index (χ2v) is 4.95. The van der Waals surface area contributed by atoms with Crippen LogP contribution in [0.3, 0.4) is 0 Å². The molecule has 0 atom stereocenters. The van der Waals surface area contributed by atoms with E-state index in [1.807, 2.05) is 18.2 Å². The number of hydrogen-bond donors (Lipinski definition) is 3. The third-order valence-corrected chi connectivity index (χ3v) is 2.86. The molecular weight excluding hydrogens is 242 g/mol. The molecular formula is C14H21N3O2. The Hall–Kier alpha value is -1.59. The molecule has 0 unspecified atom stereocenters. The highest BCUT2D eigenvalue weighted by atomic mass is 16.5. The van der Waals surface area contributed by atoms with Crippen molar-refractivity contribution < 1.29 is 9.53 Å². The molecule has 0 radical (unpaired) electrons. The molecule has 2 rings (SSSR count). The van der Waals surface area contributed by atoms with Crippen molar-refractivity contribution in [2.24, 2.45) is 0 Å². The van der Waals surface area contributed by atoms with Crippen LogP contribution in [0.1, 0.15) is 19.4 Å². The molecule has 104 valence electrons. The Kier molecular flexibility index (Phi) is 4.76. The maximum atomic E-state index is 11.2. The van der Waals surface area contributed by atoms with Crippen LogP contribution in [-0.4, -0.2) is 31.6 Å². The Morgan fingerprint density at radius 2 is 2.21 bits per heavy atom. The van der Waals surface area contributed by atoms with Crippen molar-refractivity contribution in [3.05, 3.63) is 23.8 Å². The van der Waals surface area contributed by atoms with Gasteiger partial charge in [-0.25, -0.2) is 0 Å². The molecule has 1 aliphatic rings. The normalized spacial score (nSPS) is 13.9. The van der Waals surface area contributed by atoms with Crippen molar-refractivity contribution >= 4 is 11.6 Å². The summed E-state index contributed by atoms with van der Waals surface area (Å²) in [6.45, 7) is 7.01. The highest BCUT2D eigenvalue weighted by molar-refractivity contribution is 5.95. The Morgan fingerprint density at radius 3 is 3.00 bits per heavy atom. The van der Waals surface area contributed by atoms with Gasteiger partial charge in [-0.2, -0.15) is 0 Å². The summed E-state index contributed by atoms with van der Waals surface area (Å²) >= 11 is 0. The number of ether oxygens (including phenoxy) is 1. The van der Waals surface area contributed by atoms with Gasteiger partial charge in [0.05, 0.1) is 5.69 Å². The molecule has 1 heterocycles. The zero-order valence-corrected chi connectivity index (χ0v) is 11.5. The van der Waals surface area contributed by atoms with Gasteiger partial charge in [-0.3, -0.25) is 4.79 Å². The van der Waals surface area contributed by atoms with Crippen LogP contribution < -0.4 is 20.7 Å². The molecule has 19 heavy (non-hydrogen) atoms. The maximum Gasteiger partial charge on any atom is 0.262 e. The van der Waals surface area contributed by atoms with E-state index in [0.717, 1.165) is 36.6 Å². The van der Waals surface area contributed by atoms with Gasteiger partial charge < -0.3 is 20.7 Å². The number of hydrogen-bond acceptors (Lipinski definition) is 4. The van der Waals surface area contributed by atoms with Crippen LogP contribution >= 0.6 is 0 Å². The van der Waals surface area contributed by atoms with Crippen molar-refractivity contribution in [3.63, 3.8) is 0 Å². The third kappa shape index (κ3) is 4.22. The fourth-order valence-electron chi connectivity index (χ4n) is 1.92. The number of nitrogens with one attached hydrogen (secondary N) is 3. The average molecular weight is 263 g/mol.